The highest BCUT2D eigenvalue weighted by atomic mass is 32.1. The Bertz CT molecular complexity index is 482. The smallest absolute Gasteiger partial charge is 0.323 e. The predicted octanol–water partition coefficient (Wildman–Crippen LogP) is 3.33. The molecule has 1 saturated heterocycles. The maximum atomic E-state index is 12.2. The topological polar surface area (TPSA) is 54.5 Å². The second-order valence-electron chi connectivity index (χ2n) is 6.47. The zero-order valence-electron chi connectivity index (χ0n) is 13.3. The first-order valence-electron chi connectivity index (χ1n) is 7.50. The second-order valence-corrected chi connectivity index (χ2v) is 7.50. The zero-order chi connectivity index (χ0) is 15.5. The third-order valence-corrected chi connectivity index (χ3v) is 4.93. The molecule has 2 rings (SSSR count). The fraction of sp³-hybridized carbons (Fsp3) is 0.733. The van der Waals surface area contributed by atoms with Gasteiger partial charge in [0.1, 0.15) is 0 Å². The van der Waals surface area contributed by atoms with E-state index < -0.39 is 0 Å². The molecule has 1 fully saturated rings. The Morgan fingerprint density at radius 2 is 2.33 bits per heavy atom. The molecule has 0 spiro atoms. The molecule has 1 aliphatic heterocycles. The summed E-state index contributed by atoms with van der Waals surface area (Å²) in [5.74, 6) is 0.456. The number of anilines is 1. The first-order valence-corrected chi connectivity index (χ1v) is 8.31. The van der Waals surface area contributed by atoms with Gasteiger partial charge in [0, 0.05) is 36.7 Å². The molecule has 5 nitrogen and oxygen atoms in total. The lowest BCUT2D eigenvalue weighted by Gasteiger charge is -2.16. The van der Waals surface area contributed by atoms with Crippen LogP contribution in [0.25, 0.3) is 0 Å². The van der Waals surface area contributed by atoms with Gasteiger partial charge in [0.2, 0.25) is 0 Å². The number of hydrogen-bond donors (Lipinski definition) is 1. The Labute approximate surface area is 130 Å². The second kappa shape index (κ2) is 6.75. The van der Waals surface area contributed by atoms with Crippen LogP contribution in [0.2, 0.25) is 0 Å². The highest BCUT2D eigenvalue weighted by molar-refractivity contribution is 7.15. The molecule has 2 amide bonds. The van der Waals surface area contributed by atoms with Crippen molar-refractivity contribution in [3.8, 4) is 0 Å². The molecule has 0 saturated carbocycles. The summed E-state index contributed by atoms with van der Waals surface area (Å²) < 4.78 is 5.44. The van der Waals surface area contributed by atoms with Gasteiger partial charge in [-0.3, -0.25) is 5.32 Å². The molecule has 118 valence electrons. The maximum absolute atomic E-state index is 12.2. The number of carbonyl (C=O) groups is 1. The summed E-state index contributed by atoms with van der Waals surface area (Å²) in [4.78, 5) is 19.6. The number of hydrogen-bond acceptors (Lipinski definition) is 4. The number of carbonyl (C=O) groups excluding carboxylic acids is 1. The SMILES string of the molecule is CCOC[C@H]1CCN(C(=O)Nc2ncc(C(C)(C)C)s2)C1. The van der Waals surface area contributed by atoms with Crippen LogP contribution in [-0.4, -0.2) is 42.2 Å². The molecule has 0 unspecified atom stereocenters. The molecular formula is C15H25N3O2S. The molecule has 1 N–H and O–H groups in total. The third kappa shape index (κ3) is 4.41. The highest BCUT2D eigenvalue weighted by Gasteiger charge is 2.27. The number of amides is 2. The van der Waals surface area contributed by atoms with E-state index in [1.54, 1.807) is 11.3 Å². The average Bonchev–Trinajstić information content (AvgIpc) is 3.04. The summed E-state index contributed by atoms with van der Waals surface area (Å²) in [6.45, 7) is 11.5. The standard InChI is InChI=1S/C15H25N3O2S/c1-5-20-10-11-6-7-18(9-11)14(19)17-13-16-8-12(21-13)15(2,3)4/h8,11H,5-7,9-10H2,1-4H3,(H,16,17,19)/t11-/m0/s1. The van der Waals surface area contributed by atoms with Crippen LogP contribution in [-0.2, 0) is 10.2 Å². The molecule has 0 bridgehead atoms. The van der Waals surface area contributed by atoms with Crippen molar-refractivity contribution in [2.45, 2.75) is 39.5 Å². The minimum absolute atomic E-state index is 0.0520. The van der Waals surface area contributed by atoms with Crippen LogP contribution in [0.1, 0.15) is 39.0 Å². The van der Waals surface area contributed by atoms with Gasteiger partial charge in [0.05, 0.1) is 6.61 Å². The largest absolute Gasteiger partial charge is 0.381 e. The number of thiazole rings is 1. The van der Waals surface area contributed by atoms with Gasteiger partial charge in [0.25, 0.3) is 0 Å². The van der Waals surface area contributed by atoms with E-state index in [2.05, 4.69) is 31.1 Å². The van der Waals surface area contributed by atoms with Gasteiger partial charge in [-0.2, -0.15) is 0 Å². The molecule has 21 heavy (non-hydrogen) atoms. The maximum Gasteiger partial charge on any atom is 0.323 e. The Morgan fingerprint density at radius 3 is 2.95 bits per heavy atom. The van der Waals surface area contributed by atoms with Crippen LogP contribution in [0.15, 0.2) is 6.20 Å². The van der Waals surface area contributed by atoms with Crippen LogP contribution in [0, 0.1) is 5.92 Å². The summed E-state index contributed by atoms with van der Waals surface area (Å²) in [7, 11) is 0. The quantitative estimate of drug-likeness (QED) is 0.928. The lowest BCUT2D eigenvalue weighted by Crippen LogP contribution is -2.33. The highest BCUT2D eigenvalue weighted by Crippen LogP contribution is 2.30. The Kier molecular flexibility index (Phi) is 5.22. The molecule has 2 heterocycles. The third-order valence-electron chi connectivity index (χ3n) is 3.59. The van der Waals surface area contributed by atoms with Crippen LogP contribution in [0.4, 0.5) is 9.93 Å². The van der Waals surface area contributed by atoms with Gasteiger partial charge in [-0.1, -0.05) is 20.8 Å². The number of aromatic nitrogens is 1. The summed E-state index contributed by atoms with van der Waals surface area (Å²) in [6, 6.07) is -0.0520. The van der Waals surface area contributed by atoms with Gasteiger partial charge < -0.3 is 9.64 Å². The van der Waals surface area contributed by atoms with Crippen LogP contribution >= 0.6 is 11.3 Å². The normalized spacial score (nSPS) is 19.0. The first kappa shape index (κ1) is 16.2. The van der Waals surface area contributed by atoms with Crippen molar-refractivity contribution in [1.82, 2.24) is 9.88 Å². The van der Waals surface area contributed by atoms with Crippen molar-refractivity contribution in [1.29, 1.82) is 0 Å². The van der Waals surface area contributed by atoms with Gasteiger partial charge in [0.15, 0.2) is 5.13 Å². The Hall–Kier alpha value is -1.14. The molecule has 1 aromatic heterocycles. The van der Waals surface area contributed by atoms with Crippen molar-refractivity contribution in [3.05, 3.63) is 11.1 Å². The summed E-state index contributed by atoms with van der Waals surface area (Å²) >= 11 is 1.55. The van der Waals surface area contributed by atoms with Gasteiger partial charge in [-0.15, -0.1) is 11.3 Å². The van der Waals surface area contributed by atoms with Crippen molar-refractivity contribution >= 4 is 22.5 Å². The average molecular weight is 311 g/mol. The van der Waals surface area contributed by atoms with E-state index >= 15 is 0 Å². The monoisotopic (exact) mass is 311 g/mol. The molecule has 6 heteroatoms. The van der Waals surface area contributed by atoms with E-state index in [0.717, 1.165) is 32.7 Å². The lowest BCUT2D eigenvalue weighted by atomic mass is 9.96. The van der Waals surface area contributed by atoms with E-state index in [0.29, 0.717) is 11.0 Å². The number of nitrogens with zero attached hydrogens (tertiary/aromatic N) is 2. The lowest BCUT2D eigenvalue weighted by molar-refractivity contribution is 0.113. The Balaban J connectivity index is 1.86. The number of nitrogens with one attached hydrogen (secondary N) is 1. The predicted molar refractivity (Wildman–Crippen MR) is 86.0 cm³/mol. The number of likely N-dealkylation sites (tertiary alicyclic amines) is 1. The Morgan fingerprint density at radius 1 is 1.57 bits per heavy atom. The van der Waals surface area contributed by atoms with E-state index in [-0.39, 0.29) is 11.4 Å². The minimum atomic E-state index is -0.0520. The summed E-state index contributed by atoms with van der Waals surface area (Å²) in [5, 5.41) is 3.59. The van der Waals surface area contributed by atoms with Crippen LogP contribution in [0.5, 0.6) is 0 Å². The fourth-order valence-electron chi connectivity index (χ4n) is 2.29. The van der Waals surface area contributed by atoms with Crippen molar-refractivity contribution in [2.24, 2.45) is 5.92 Å². The van der Waals surface area contributed by atoms with E-state index in [4.69, 9.17) is 4.74 Å². The molecule has 1 aliphatic rings. The number of urea groups is 1. The van der Waals surface area contributed by atoms with E-state index in [1.165, 1.54) is 4.88 Å². The molecule has 0 radical (unpaired) electrons. The summed E-state index contributed by atoms with van der Waals surface area (Å²) in [6.07, 6.45) is 2.86. The van der Waals surface area contributed by atoms with Crippen LogP contribution < -0.4 is 5.32 Å². The molecule has 0 aromatic carbocycles. The fourth-order valence-corrected chi connectivity index (χ4v) is 3.15. The van der Waals surface area contributed by atoms with E-state index in [1.807, 2.05) is 18.0 Å². The van der Waals surface area contributed by atoms with Crippen molar-refractivity contribution in [2.75, 3.05) is 31.6 Å². The first-order chi connectivity index (χ1) is 9.90. The summed E-state index contributed by atoms with van der Waals surface area (Å²) in [5.41, 5.74) is 0.0663. The van der Waals surface area contributed by atoms with Gasteiger partial charge in [-0.05, 0) is 18.8 Å². The van der Waals surface area contributed by atoms with Crippen LogP contribution in [0.3, 0.4) is 0 Å². The molecule has 1 atom stereocenters. The molecule has 0 aliphatic carbocycles. The number of ether oxygens (including phenoxy) is 1. The molecule has 1 aromatic rings. The number of rotatable bonds is 4. The van der Waals surface area contributed by atoms with Crippen molar-refractivity contribution in [3.63, 3.8) is 0 Å². The van der Waals surface area contributed by atoms with Gasteiger partial charge in [-0.25, -0.2) is 9.78 Å². The minimum Gasteiger partial charge on any atom is -0.381 e. The van der Waals surface area contributed by atoms with Gasteiger partial charge >= 0.3 is 6.03 Å². The molecular weight excluding hydrogens is 286 g/mol. The van der Waals surface area contributed by atoms with Crippen molar-refractivity contribution < 1.29 is 9.53 Å². The zero-order valence-corrected chi connectivity index (χ0v) is 14.1. The van der Waals surface area contributed by atoms with E-state index in [9.17, 15) is 4.79 Å².